The number of rotatable bonds is 3. The number of pyridine rings is 1. The fourth-order valence-electron chi connectivity index (χ4n) is 2.30. The first-order valence-corrected chi connectivity index (χ1v) is 5.43. The molecule has 3 heteroatoms. The molecule has 1 heterocycles. The van der Waals surface area contributed by atoms with E-state index in [0.29, 0.717) is 11.3 Å². The number of nitrogens with two attached hydrogens (primary N) is 1. The van der Waals surface area contributed by atoms with E-state index in [0.717, 1.165) is 0 Å². The molecule has 0 radical (unpaired) electrons. The molecule has 0 amide bonds. The second-order valence-electron chi connectivity index (χ2n) is 5.18. The predicted molar refractivity (Wildman–Crippen MR) is 60.9 cm³/mol. The Bertz CT molecular complexity index is 360. The summed E-state index contributed by atoms with van der Waals surface area (Å²) in [7, 11) is 0. The van der Waals surface area contributed by atoms with E-state index in [1.54, 1.807) is 0 Å². The first-order valence-electron chi connectivity index (χ1n) is 5.43. The number of nitrogens with zero attached hydrogens (tertiary/aromatic N) is 1. The molecule has 1 fully saturated rings. The van der Waals surface area contributed by atoms with Gasteiger partial charge in [-0.25, -0.2) is 0 Å². The maximum absolute atomic E-state index is 5.66. The lowest BCUT2D eigenvalue weighted by atomic mass is 9.96. The van der Waals surface area contributed by atoms with Crippen LogP contribution in [0.15, 0.2) is 18.5 Å². The standard InChI is InChI=1S/C12H19N3/c1-8-4-5-14-7-9(8)11(15-13)10-6-12(10,2)3/h4-5,7,10-11,15H,6,13H2,1-3H3. The number of nitrogens with one attached hydrogen (secondary N) is 1. The summed E-state index contributed by atoms with van der Waals surface area (Å²) in [4.78, 5) is 4.18. The number of hydrogen-bond acceptors (Lipinski definition) is 3. The maximum atomic E-state index is 5.66. The molecule has 2 atom stereocenters. The van der Waals surface area contributed by atoms with E-state index >= 15 is 0 Å². The molecule has 1 aliphatic rings. The van der Waals surface area contributed by atoms with Crippen LogP contribution < -0.4 is 11.3 Å². The average molecular weight is 205 g/mol. The third-order valence-corrected chi connectivity index (χ3v) is 3.59. The molecule has 0 bridgehead atoms. The molecule has 3 N–H and O–H groups in total. The number of aryl methyl sites for hydroxylation is 1. The van der Waals surface area contributed by atoms with Crippen LogP contribution >= 0.6 is 0 Å². The molecule has 0 spiro atoms. The van der Waals surface area contributed by atoms with Crippen molar-refractivity contribution < 1.29 is 0 Å². The fourth-order valence-corrected chi connectivity index (χ4v) is 2.30. The highest BCUT2D eigenvalue weighted by molar-refractivity contribution is 5.27. The van der Waals surface area contributed by atoms with Gasteiger partial charge in [0.15, 0.2) is 0 Å². The van der Waals surface area contributed by atoms with Gasteiger partial charge in [0, 0.05) is 12.4 Å². The van der Waals surface area contributed by atoms with Crippen molar-refractivity contribution in [3.8, 4) is 0 Å². The second kappa shape index (κ2) is 3.58. The van der Waals surface area contributed by atoms with Gasteiger partial charge in [0.1, 0.15) is 0 Å². The Hall–Kier alpha value is -0.930. The van der Waals surface area contributed by atoms with Gasteiger partial charge in [-0.1, -0.05) is 13.8 Å². The molecule has 1 aromatic heterocycles. The van der Waals surface area contributed by atoms with Crippen LogP contribution in [0.4, 0.5) is 0 Å². The number of hydrazine groups is 1. The summed E-state index contributed by atoms with van der Waals surface area (Å²) >= 11 is 0. The Kier molecular flexibility index (Phi) is 2.52. The zero-order valence-corrected chi connectivity index (χ0v) is 9.62. The maximum Gasteiger partial charge on any atom is 0.0511 e. The fraction of sp³-hybridized carbons (Fsp3) is 0.583. The Morgan fingerprint density at radius 1 is 1.60 bits per heavy atom. The molecule has 82 valence electrons. The topological polar surface area (TPSA) is 50.9 Å². The van der Waals surface area contributed by atoms with E-state index in [-0.39, 0.29) is 6.04 Å². The lowest BCUT2D eigenvalue weighted by Crippen LogP contribution is -2.31. The van der Waals surface area contributed by atoms with Crippen molar-refractivity contribution in [1.29, 1.82) is 0 Å². The smallest absolute Gasteiger partial charge is 0.0511 e. The first-order chi connectivity index (χ1) is 7.06. The van der Waals surface area contributed by atoms with Crippen LogP contribution in [0, 0.1) is 18.3 Å². The van der Waals surface area contributed by atoms with Gasteiger partial charge in [-0.05, 0) is 41.9 Å². The summed E-state index contributed by atoms with van der Waals surface area (Å²) in [5.41, 5.74) is 5.84. The quantitative estimate of drug-likeness (QED) is 0.585. The third-order valence-electron chi connectivity index (χ3n) is 3.59. The summed E-state index contributed by atoms with van der Waals surface area (Å²) in [5, 5.41) is 0. The number of aromatic nitrogens is 1. The third kappa shape index (κ3) is 1.90. The normalized spacial score (nSPS) is 24.9. The summed E-state index contributed by atoms with van der Waals surface area (Å²) in [5.74, 6) is 6.29. The highest BCUT2D eigenvalue weighted by atomic mass is 15.2. The van der Waals surface area contributed by atoms with E-state index < -0.39 is 0 Å². The monoisotopic (exact) mass is 205 g/mol. The van der Waals surface area contributed by atoms with Gasteiger partial charge >= 0.3 is 0 Å². The first kappa shape index (κ1) is 10.6. The van der Waals surface area contributed by atoms with Gasteiger partial charge in [0.05, 0.1) is 6.04 Å². The summed E-state index contributed by atoms with van der Waals surface area (Å²) in [6.07, 6.45) is 4.98. The highest BCUT2D eigenvalue weighted by Gasteiger charge is 2.50. The molecule has 1 aromatic rings. The molecule has 0 aromatic carbocycles. The molecule has 2 unspecified atom stereocenters. The van der Waals surface area contributed by atoms with Gasteiger partial charge in [0.2, 0.25) is 0 Å². The van der Waals surface area contributed by atoms with E-state index in [1.165, 1.54) is 17.5 Å². The van der Waals surface area contributed by atoms with E-state index in [4.69, 9.17) is 5.84 Å². The predicted octanol–water partition coefficient (Wildman–Crippen LogP) is 1.94. The molecular formula is C12H19N3. The lowest BCUT2D eigenvalue weighted by Gasteiger charge is -2.19. The SMILES string of the molecule is Cc1ccncc1C(NN)C1CC1(C)C. The Balaban J connectivity index is 2.25. The largest absolute Gasteiger partial charge is 0.271 e. The van der Waals surface area contributed by atoms with Crippen LogP contribution in [0.1, 0.15) is 37.4 Å². The molecule has 1 aliphatic carbocycles. The van der Waals surface area contributed by atoms with Crippen molar-refractivity contribution in [2.75, 3.05) is 0 Å². The lowest BCUT2D eigenvalue weighted by molar-refractivity contribution is 0.421. The van der Waals surface area contributed by atoms with Crippen molar-refractivity contribution in [3.63, 3.8) is 0 Å². The summed E-state index contributed by atoms with van der Waals surface area (Å²) < 4.78 is 0. The Morgan fingerprint density at radius 2 is 2.27 bits per heavy atom. The Morgan fingerprint density at radius 3 is 2.73 bits per heavy atom. The number of hydrogen-bond donors (Lipinski definition) is 2. The summed E-state index contributed by atoms with van der Waals surface area (Å²) in [6.45, 7) is 6.68. The van der Waals surface area contributed by atoms with E-state index in [9.17, 15) is 0 Å². The van der Waals surface area contributed by atoms with Gasteiger partial charge < -0.3 is 0 Å². The van der Waals surface area contributed by atoms with Crippen LogP contribution in [0.2, 0.25) is 0 Å². The molecule has 15 heavy (non-hydrogen) atoms. The van der Waals surface area contributed by atoms with Crippen molar-refractivity contribution in [2.24, 2.45) is 17.2 Å². The van der Waals surface area contributed by atoms with Crippen molar-refractivity contribution in [3.05, 3.63) is 29.6 Å². The van der Waals surface area contributed by atoms with Crippen LogP contribution in [0.5, 0.6) is 0 Å². The van der Waals surface area contributed by atoms with Gasteiger partial charge in [0.25, 0.3) is 0 Å². The zero-order chi connectivity index (χ0) is 11.1. The highest BCUT2D eigenvalue weighted by Crippen LogP contribution is 2.57. The molecule has 3 nitrogen and oxygen atoms in total. The second-order valence-corrected chi connectivity index (χ2v) is 5.18. The van der Waals surface area contributed by atoms with Gasteiger partial charge in [-0.2, -0.15) is 0 Å². The van der Waals surface area contributed by atoms with Crippen LogP contribution in [-0.2, 0) is 0 Å². The van der Waals surface area contributed by atoms with Crippen LogP contribution in [0.3, 0.4) is 0 Å². The van der Waals surface area contributed by atoms with Crippen LogP contribution in [0.25, 0.3) is 0 Å². The zero-order valence-electron chi connectivity index (χ0n) is 9.62. The Labute approximate surface area is 91.1 Å². The van der Waals surface area contributed by atoms with E-state index in [1.807, 2.05) is 18.5 Å². The van der Waals surface area contributed by atoms with Gasteiger partial charge in [-0.3, -0.25) is 16.3 Å². The molecule has 2 rings (SSSR count). The van der Waals surface area contributed by atoms with Gasteiger partial charge in [-0.15, -0.1) is 0 Å². The molecular weight excluding hydrogens is 186 g/mol. The molecule has 0 saturated heterocycles. The van der Waals surface area contributed by atoms with E-state index in [2.05, 4.69) is 31.2 Å². The van der Waals surface area contributed by atoms with Crippen molar-refractivity contribution in [2.45, 2.75) is 33.2 Å². The summed E-state index contributed by atoms with van der Waals surface area (Å²) in [6, 6.07) is 2.28. The minimum atomic E-state index is 0.244. The molecule has 0 aliphatic heterocycles. The van der Waals surface area contributed by atoms with Crippen molar-refractivity contribution in [1.82, 2.24) is 10.4 Å². The average Bonchev–Trinajstić information content (AvgIpc) is 2.80. The van der Waals surface area contributed by atoms with Crippen LogP contribution in [-0.4, -0.2) is 4.98 Å². The van der Waals surface area contributed by atoms with Crippen molar-refractivity contribution >= 4 is 0 Å². The minimum Gasteiger partial charge on any atom is -0.271 e. The minimum absolute atomic E-state index is 0.244. The molecule has 1 saturated carbocycles.